The number of fused-ring (bicyclic) bond motifs is 2. The number of benzene rings is 3. The predicted octanol–water partition coefficient (Wildman–Crippen LogP) is 24.2. The van der Waals surface area contributed by atoms with E-state index in [1.54, 1.807) is 0 Å². The van der Waals surface area contributed by atoms with Crippen LogP contribution < -0.4 is 9.47 Å². The van der Waals surface area contributed by atoms with Crippen LogP contribution in [0, 0.1) is 11.8 Å². The first kappa shape index (κ1) is 65.2. The van der Waals surface area contributed by atoms with Gasteiger partial charge in [-0.1, -0.05) is 259 Å². The highest BCUT2D eigenvalue weighted by Gasteiger charge is 2.22. The number of hydrogen-bond donors (Lipinski definition) is 0. The molecule has 2 atom stereocenters. The van der Waals surface area contributed by atoms with E-state index in [-0.39, 0.29) is 0 Å². The highest BCUT2D eigenvalue weighted by molar-refractivity contribution is 9.11. The minimum atomic E-state index is 0.590. The molecule has 5 rings (SSSR count). The summed E-state index contributed by atoms with van der Waals surface area (Å²) < 4.78 is 24.2. The third-order valence-electron chi connectivity index (χ3n) is 16.3. The Kier molecular flexibility index (Phi) is 35.0. The third kappa shape index (κ3) is 25.4. The van der Waals surface area contributed by atoms with Gasteiger partial charge in [0.05, 0.1) is 45.3 Å². The quantitative estimate of drug-likeness (QED) is 0.0362. The van der Waals surface area contributed by atoms with Crippen LogP contribution in [0.25, 0.3) is 44.6 Å². The van der Waals surface area contributed by atoms with Crippen LogP contribution in [0.4, 0.5) is 0 Å². The zero-order chi connectivity index (χ0) is 54.4. The Morgan fingerprint density at radius 3 is 0.844 bits per heavy atom. The molecule has 0 aliphatic carbocycles. The van der Waals surface area contributed by atoms with Gasteiger partial charge in [0.2, 0.25) is 0 Å². The average Bonchev–Trinajstić information content (AvgIpc) is 3.97. The summed E-state index contributed by atoms with van der Waals surface area (Å²) in [4.78, 5) is 10.8. The predicted molar refractivity (Wildman–Crippen MR) is 342 cm³/mol. The van der Waals surface area contributed by atoms with E-state index in [1.165, 1.54) is 269 Å². The van der Waals surface area contributed by atoms with Crippen LogP contribution >= 0.6 is 43.6 Å². The van der Waals surface area contributed by atoms with Crippen LogP contribution in [-0.4, -0.2) is 31.9 Å². The second kappa shape index (κ2) is 41.4. The fraction of sp³-hybridized carbons (Fsp3) is 0.706. The van der Waals surface area contributed by atoms with Gasteiger partial charge in [-0.25, -0.2) is 9.97 Å². The summed E-state index contributed by atoms with van der Waals surface area (Å²) in [6.07, 6.45) is 54.4. The SMILES string of the molecule is CCCCCCCCCCCCC(CCCCCCCCCC)COc1ccc(-c2nc3c(Br)c4nsnc4c(Br)c3nc2-c2ccc(OCC(CCCCCCCCCC)CCCCCCCCCCCC)cc2)cc1. The van der Waals surface area contributed by atoms with Crippen LogP contribution in [0.3, 0.4) is 0 Å². The molecule has 430 valence electrons. The summed E-state index contributed by atoms with van der Waals surface area (Å²) >= 11 is 8.94. The standard InChI is InChI=1S/C68H106Br2N4O2S/c1-5-9-13-17-21-25-27-31-35-39-43-55(41-37-33-29-23-19-15-11-7-3)53-75-59-49-45-57(46-50-59)63-64(72-66-62(70)68-67(73-77-74-68)61(69)65(66)71-63)58-47-51-60(52-48-58)76-54-56(42-38-34-30-24-20-16-12-8-4)44-40-36-32-28-26-22-18-14-10-6-2/h45-52,55-56H,5-44,53-54H2,1-4H3. The molecule has 2 aromatic heterocycles. The van der Waals surface area contributed by atoms with Crippen molar-refractivity contribution in [2.75, 3.05) is 13.2 Å². The minimum absolute atomic E-state index is 0.590. The van der Waals surface area contributed by atoms with Crippen LogP contribution in [0.15, 0.2) is 57.5 Å². The van der Waals surface area contributed by atoms with Gasteiger partial charge in [-0.15, -0.1) is 0 Å². The van der Waals surface area contributed by atoms with E-state index in [0.717, 1.165) is 78.2 Å². The zero-order valence-corrected chi connectivity index (χ0v) is 53.2. The maximum atomic E-state index is 6.66. The van der Waals surface area contributed by atoms with Crippen molar-refractivity contribution in [3.63, 3.8) is 0 Å². The molecule has 77 heavy (non-hydrogen) atoms. The normalized spacial score (nSPS) is 12.5. The molecular formula is C68H106Br2N4O2S. The van der Waals surface area contributed by atoms with Gasteiger partial charge in [0.1, 0.15) is 33.6 Å². The fourth-order valence-corrected chi connectivity index (χ4v) is 13.2. The van der Waals surface area contributed by atoms with E-state index in [0.29, 0.717) is 11.8 Å². The second-order valence-corrected chi connectivity index (χ2v) is 25.2. The first-order chi connectivity index (χ1) is 38.0. The molecule has 0 aliphatic heterocycles. The van der Waals surface area contributed by atoms with Gasteiger partial charge in [0.25, 0.3) is 0 Å². The Labute approximate surface area is 491 Å². The molecule has 2 unspecified atom stereocenters. The van der Waals surface area contributed by atoms with Crippen molar-refractivity contribution < 1.29 is 9.47 Å². The Morgan fingerprint density at radius 2 is 0.584 bits per heavy atom. The molecule has 3 aromatic carbocycles. The molecule has 0 bridgehead atoms. The summed E-state index contributed by atoms with van der Waals surface area (Å²) in [6.45, 7) is 10.8. The van der Waals surface area contributed by atoms with Crippen molar-refractivity contribution >= 4 is 65.7 Å². The van der Waals surface area contributed by atoms with Crippen molar-refractivity contribution in [2.24, 2.45) is 11.8 Å². The van der Waals surface area contributed by atoms with Crippen LogP contribution in [0.5, 0.6) is 11.5 Å². The number of rotatable bonds is 48. The average molecular weight is 1200 g/mol. The monoisotopic (exact) mass is 1200 g/mol. The number of aromatic nitrogens is 4. The van der Waals surface area contributed by atoms with Gasteiger partial charge in [0, 0.05) is 11.1 Å². The lowest BCUT2D eigenvalue weighted by Gasteiger charge is -2.19. The molecule has 9 heteroatoms. The molecule has 0 spiro atoms. The summed E-state index contributed by atoms with van der Waals surface area (Å²) in [5.74, 6) is 3.02. The topological polar surface area (TPSA) is 70.0 Å². The van der Waals surface area contributed by atoms with E-state index in [9.17, 15) is 0 Å². The van der Waals surface area contributed by atoms with E-state index in [4.69, 9.17) is 19.4 Å². The van der Waals surface area contributed by atoms with E-state index in [2.05, 4.69) is 117 Å². The lowest BCUT2D eigenvalue weighted by Crippen LogP contribution is -2.12. The van der Waals surface area contributed by atoms with E-state index < -0.39 is 0 Å². The number of unbranched alkanes of at least 4 members (excludes halogenated alkanes) is 32. The van der Waals surface area contributed by atoms with Crippen molar-refractivity contribution in [3.8, 4) is 34.0 Å². The van der Waals surface area contributed by atoms with Gasteiger partial charge in [-0.05, 0) is 118 Å². The Morgan fingerprint density at radius 1 is 0.338 bits per heavy atom. The van der Waals surface area contributed by atoms with Crippen LogP contribution in [0.1, 0.15) is 285 Å². The summed E-state index contributed by atoms with van der Waals surface area (Å²) in [5.41, 5.74) is 6.75. The van der Waals surface area contributed by atoms with Gasteiger partial charge >= 0.3 is 0 Å². The summed E-state index contributed by atoms with van der Waals surface area (Å²) in [7, 11) is 0. The first-order valence-corrected chi connectivity index (χ1v) is 34.6. The molecule has 0 aliphatic rings. The fourth-order valence-electron chi connectivity index (χ4n) is 11.3. The number of hydrogen-bond acceptors (Lipinski definition) is 7. The van der Waals surface area contributed by atoms with Crippen molar-refractivity contribution in [1.29, 1.82) is 0 Å². The van der Waals surface area contributed by atoms with Gasteiger partial charge in [-0.3, -0.25) is 0 Å². The highest BCUT2D eigenvalue weighted by Crippen LogP contribution is 2.41. The molecule has 5 aromatic rings. The second-order valence-electron chi connectivity index (χ2n) is 23.1. The van der Waals surface area contributed by atoms with Gasteiger partial charge < -0.3 is 9.47 Å². The lowest BCUT2D eigenvalue weighted by molar-refractivity contribution is 0.224. The van der Waals surface area contributed by atoms with Crippen molar-refractivity contribution in [3.05, 3.63) is 57.5 Å². The molecule has 0 saturated carbocycles. The maximum absolute atomic E-state index is 6.66. The molecular weight excluding hydrogens is 1100 g/mol. The zero-order valence-electron chi connectivity index (χ0n) is 49.2. The van der Waals surface area contributed by atoms with Crippen LogP contribution in [0.2, 0.25) is 0 Å². The summed E-state index contributed by atoms with van der Waals surface area (Å²) in [5, 5.41) is 0. The Hall–Kier alpha value is -2.62. The van der Waals surface area contributed by atoms with Crippen molar-refractivity contribution in [1.82, 2.24) is 18.7 Å². The van der Waals surface area contributed by atoms with E-state index >= 15 is 0 Å². The van der Waals surface area contributed by atoms with E-state index in [1.807, 2.05) is 0 Å². The molecule has 6 nitrogen and oxygen atoms in total. The number of halogens is 2. The molecule has 0 saturated heterocycles. The largest absolute Gasteiger partial charge is 0.493 e. The third-order valence-corrected chi connectivity index (χ3v) is 18.3. The van der Waals surface area contributed by atoms with Crippen molar-refractivity contribution in [2.45, 2.75) is 285 Å². The number of ether oxygens (including phenoxy) is 2. The molecule has 0 fully saturated rings. The highest BCUT2D eigenvalue weighted by atomic mass is 79.9. The van der Waals surface area contributed by atoms with Gasteiger partial charge in [-0.2, -0.15) is 8.75 Å². The minimum Gasteiger partial charge on any atom is -0.493 e. The smallest absolute Gasteiger partial charge is 0.122 e. The lowest BCUT2D eigenvalue weighted by atomic mass is 9.94. The molecule has 2 heterocycles. The Balaban J connectivity index is 1.25. The summed E-state index contributed by atoms with van der Waals surface area (Å²) in [6, 6.07) is 17.2. The molecule has 0 N–H and O–H groups in total. The maximum Gasteiger partial charge on any atom is 0.122 e. The Bertz CT molecular complexity index is 2100. The number of nitrogens with zero attached hydrogens (tertiary/aromatic N) is 4. The first-order valence-electron chi connectivity index (χ1n) is 32.2. The molecule has 0 radical (unpaired) electrons. The van der Waals surface area contributed by atoms with Gasteiger partial charge in [0.15, 0.2) is 0 Å². The molecule has 0 amide bonds. The van der Waals surface area contributed by atoms with Crippen LogP contribution in [-0.2, 0) is 0 Å².